The quantitative estimate of drug-likeness (QED) is 0.609. The molecular formula is C10H9FO4. The third-order valence-electron chi connectivity index (χ3n) is 1.59. The van der Waals surface area contributed by atoms with Crippen LogP contribution in [0.2, 0.25) is 0 Å². The van der Waals surface area contributed by atoms with Crippen LogP contribution in [0.5, 0.6) is 0 Å². The minimum absolute atomic E-state index is 0.177. The van der Waals surface area contributed by atoms with Crippen LogP contribution in [0, 0.1) is 0 Å². The van der Waals surface area contributed by atoms with Crippen molar-refractivity contribution in [2.75, 3.05) is 0 Å². The maximum Gasteiger partial charge on any atom is 0.319 e. The molecule has 1 rings (SSSR count). The zero-order valence-corrected chi connectivity index (χ0v) is 7.72. The number of carbonyl (C=O) groups excluding carboxylic acids is 1. The second-order valence-corrected chi connectivity index (χ2v) is 2.79. The molecule has 0 aliphatic heterocycles. The predicted molar refractivity (Wildman–Crippen MR) is 48.6 cm³/mol. The lowest BCUT2D eigenvalue weighted by atomic mass is 10.2. The van der Waals surface area contributed by atoms with Crippen molar-refractivity contribution in [3.05, 3.63) is 35.9 Å². The summed E-state index contributed by atoms with van der Waals surface area (Å²) in [5.74, 6) is -2.45. The highest BCUT2D eigenvalue weighted by molar-refractivity contribution is 5.90. The number of carboxylic acids is 1. The SMILES string of the molecule is O=C(O)CC(=O)OC(F)c1ccccc1. The van der Waals surface area contributed by atoms with E-state index >= 15 is 0 Å². The van der Waals surface area contributed by atoms with Gasteiger partial charge in [0.2, 0.25) is 0 Å². The number of halogens is 1. The Hall–Kier alpha value is -1.91. The van der Waals surface area contributed by atoms with Crippen molar-refractivity contribution in [3.8, 4) is 0 Å². The molecule has 0 spiro atoms. The van der Waals surface area contributed by atoms with Gasteiger partial charge in [0.05, 0.1) is 0 Å². The lowest BCUT2D eigenvalue weighted by Gasteiger charge is -2.08. The Morgan fingerprint density at radius 3 is 2.47 bits per heavy atom. The van der Waals surface area contributed by atoms with E-state index in [1.54, 1.807) is 18.2 Å². The van der Waals surface area contributed by atoms with E-state index in [-0.39, 0.29) is 5.56 Å². The number of alkyl halides is 1. The summed E-state index contributed by atoms with van der Waals surface area (Å²) in [6.07, 6.45) is -2.76. The Morgan fingerprint density at radius 2 is 1.93 bits per heavy atom. The molecule has 1 aromatic rings. The fourth-order valence-corrected chi connectivity index (χ4v) is 0.953. The zero-order chi connectivity index (χ0) is 11.3. The van der Waals surface area contributed by atoms with Crippen molar-refractivity contribution in [1.29, 1.82) is 0 Å². The van der Waals surface area contributed by atoms with Gasteiger partial charge in [-0.3, -0.25) is 9.59 Å². The molecule has 0 aliphatic carbocycles. The van der Waals surface area contributed by atoms with Gasteiger partial charge in [0, 0.05) is 5.56 Å². The maximum absolute atomic E-state index is 13.2. The first-order valence-electron chi connectivity index (χ1n) is 4.20. The molecule has 0 amide bonds. The normalized spacial score (nSPS) is 11.8. The van der Waals surface area contributed by atoms with Crippen LogP contribution >= 0.6 is 0 Å². The molecule has 0 saturated heterocycles. The van der Waals surface area contributed by atoms with E-state index in [0.29, 0.717) is 0 Å². The Labute approximate surface area is 85.3 Å². The molecule has 0 aromatic heterocycles. The van der Waals surface area contributed by atoms with Gasteiger partial charge in [-0.2, -0.15) is 4.39 Å². The average Bonchev–Trinajstić information content (AvgIpc) is 2.17. The molecule has 15 heavy (non-hydrogen) atoms. The summed E-state index contributed by atoms with van der Waals surface area (Å²) in [6, 6.07) is 7.76. The number of benzene rings is 1. The highest BCUT2D eigenvalue weighted by Crippen LogP contribution is 2.18. The first-order chi connectivity index (χ1) is 7.09. The van der Waals surface area contributed by atoms with Crippen LogP contribution in [0.25, 0.3) is 0 Å². The number of aliphatic carboxylic acids is 1. The van der Waals surface area contributed by atoms with Gasteiger partial charge in [0.15, 0.2) is 0 Å². The van der Waals surface area contributed by atoms with Crippen LogP contribution in [0.15, 0.2) is 30.3 Å². The van der Waals surface area contributed by atoms with Crippen molar-refractivity contribution in [1.82, 2.24) is 0 Å². The number of ether oxygens (including phenoxy) is 1. The van der Waals surface area contributed by atoms with Gasteiger partial charge in [-0.05, 0) is 0 Å². The molecule has 0 heterocycles. The molecule has 1 atom stereocenters. The fraction of sp³-hybridized carbons (Fsp3) is 0.200. The molecule has 0 radical (unpaired) electrons. The van der Waals surface area contributed by atoms with Gasteiger partial charge in [0.1, 0.15) is 6.42 Å². The van der Waals surface area contributed by atoms with E-state index in [1.165, 1.54) is 12.1 Å². The summed E-state index contributed by atoms with van der Waals surface area (Å²) in [5.41, 5.74) is 0.177. The summed E-state index contributed by atoms with van der Waals surface area (Å²) in [5, 5.41) is 8.24. The van der Waals surface area contributed by atoms with Crippen LogP contribution in [0.3, 0.4) is 0 Å². The molecule has 5 heteroatoms. The van der Waals surface area contributed by atoms with Gasteiger partial charge in [-0.25, -0.2) is 0 Å². The van der Waals surface area contributed by atoms with Crippen LogP contribution < -0.4 is 0 Å². The van der Waals surface area contributed by atoms with E-state index in [1.807, 2.05) is 0 Å². The third kappa shape index (κ3) is 3.76. The second-order valence-electron chi connectivity index (χ2n) is 2.79. The molecule has 4 nitrogen and oxygen atoms in total. The monoisotopic (exact) mass is 212 g/mol. The number of carboxylic acid groups (broad SMARTS) is 1. The topological polar surface area (TPSA) is 63.6 Å². The zero-order valence-electron chi connectivity index (χ0n) is 7.72. The number of rotatable bonds is 4. The minimum atomic E-state index is -1.92. The third-order valence-corrected chi connectivity index (χ3v) is 1.59. The molecule has 80 valence electrons. The molecule has 1 N–H and O–H groups in total. The van der Waals surface area contributed by atoms with E-state index in [4.69, 9.17) is 5.11 Å². The second kappa shape index (κ2) is 5.09. The Bertz CT molecular complexity index is 350. The highest BCUT2D eigenvalue weighted by Gasteiger charge is 2.16. The average molecular weight is 212 g/mol. The number of hydrogen-bond acceptors (Lipinski definition) is 3. The molecule has 0 aliphatic rings. The smallest absolute Gasteiger partial charge is 0.319 e. The van der Waals surface area contributed by atoms with Crippen LogP contribution in [-0.2, 0) is 14.3 Å². The molecule has 0 bridgehead atoms. The Balaban J connectivity index is 2.53. The highest BCUT2D eigenvalue weighted by atomic mass is 19.1. The Morgan fingerprint density at radius 1 is 1.33 bits per heavy atom. The lowest BCUT2D eigenvalue weighted by molar-refractivity contribution is -0.162. The van der Waals surface area contributed by atoms with Crippen LogP contribution in [-0.4, -0.2) is 17.0 Å². The lowest BCUT2D eigenvalue weighted by Crippen LogP contribution is -2.12. The van der Waals surface area contributed by atoms with Crippen LogP contribution in [0.4, 0.5) is 4.39 Å². The molecular weight excluding hydrogens is 203 g/mol. The van der Waals surface area contributed by atoms with Crippen molar-refractivity contribution in [2.24, 2.45) is 0 Å². The van der Waals surface area contributed by atoms with Gasteiger partial charge in [-0.15, -0.1) is 0 Å². The van der Waals surface area contributed by atoms with E-state index in [0.717, 1.165) is 0 Å². The van der Waals surface area contributed by atoms with Gasteiger partial charge in [0.25, 0.3) is 6.36 Å². The minimum Gasteiger partial charge on any atom is -0.481 e. The van der Waals surface area contributed by atoms with Crippen molar-refractivity contribution < 1.29 is 23.8 Å². The van der Waals surface area contributed by atoms with Gasteiger partial charge in [-0.1, -0.05) is 30.3 Å². The van der Waals surface area contributed by atoms with Crippen molar-refractivity contribution in [2.45, 2.75) is 12.8 Å². The van der Waals surface area contributed by atoms with Crippen molar-refractivity contribution in [3.63, 3.8) is 0 Å². The molecule has 1 aromatic carbocycles. The Kier molecular flexibility index (Phi) is 3.79. The summed E-state index contributed by atoms with van der Waals surface area (Å²) >= 11 is 0. The number of esters is 1. The largest absolute Gasteiger partial charge is 0.481 e. The molecule has 0 saturated carbocycles. The van der Waals surface area contributed by atoms with Gasteiger partial charge < -0.3 is 9.84 Å². The fourth-order valence-electron chi connectivity index (χ4n) is 0.953. The molecule has 1 unspecified atom stereocenters. The van der Waals surface area contributed by atoms with Crippen LogP contribution in [0.1, 0.15) is 18.3 Å². The van der Waals surface area contributed by atoms with E-state index in [2.05, 4.69) is 4.74 Å². The summed E-state index contributed by atoms with van der Waals surface area (Å²) in [4.78, 5) is 20.9. The number of carbonyl (C=O) groups is 2. The standard InChI is InChI=1S/C10H9FO4/c11-10(7-4-2-1-3-5-7)15-9(14)6-8(12)13/h1-5,10H,6H2,(H,12,13). The van der Waals surface area contributed by atoms with E-state index < -0.39 is 24.7 Å². The molecule has 0 fully saturated rings. The maximum atomic E-state index is 13.2. The summed E-state index contributed by atoms with van der Waals surface area (Å²) in [7, 11) is 0. The van der Waals surface area contributed by atoms with E-state index in [9.17, 15) is 14.0 Å². The predicted octanol–water partition coefficient (Wildman–Crippen LogP) is 1.67. The summed E-state index contributed by atoms with van der Waals surface area (Å²) in [6.45, 7) is 0. The summed E-state index contributed by atoms with van der Waals surface area (Å²) < 4.78 is 17.5. The van der Waals surface area contributed by atoms with Gasteiger partial charge >= 0.3 is 11.9 Å². The first-order valence-corrected chi connectivity index (χ1v) is 4.20. The first kappa shape index (κ1) is 11.2. The van der Waals surface area contributed by atoms with Crippen molar-refractivity contribution >= 4 is 11.9 Å². The number of hydrogen-bond donors (Lipinski definition) is 1.